The van der Waals surface area contributed by atoms with Crippen LogP contribution >= 0.6 is 0 Å². The third-order valence-electron chi connectivity index (χ3n) is 8.08. The van der Waals surface area contributed by atoms with Crippen LogP contribution in [-0.4, -0.2) is 75.2 Å². The first-order chi connectivity index (χ1) is 23.6. The van der Waals surface area contributed by atoms with Crippen molar-refractivity contribution in [3.05, 3.63) is 120 Å². The lowest BCUT2D eigenvalue weighted by Crippen LogP contribution is -2.53. The number of anilines is 2. The largest absolute Gasteiger partial charge is 0.497 e. The van der Waals surface area contributed by atoms with Gasteiger partial charge in [0.15, 0.2) is 0 Å². The molecule has 11 heteroatoms. The molecule has 11 nitrogen and oxygen atoms in total. The number of rotatable bonds is 15. The van der Waals surface area contributed by atoms with Crippen LogP contribution < -0.4 is 29.9 Å². The van der Waals surface area contributed by atoms with E-state index in [9.17, 15) is 24.3 Å². The lowest BCUT2D eigenvalue weighted by atomic mass is 10.0. The number of nitrogens with one attached hydrogen (secondary N) is 2. The highest BCUT2D eigenvalue weighted by molar-refractivity contribution is 6.01. The predicted molar refractivity (Wildman–Crippen MR) is 188 cm³/mol. The Kier molecular flexibility index (Phi) is 12.9. The summed E-state index contributed by atoms with van der Waals surface area (Å²) in [7, 11) is 6.28. The Morgan fingerprint density at radius 1 is 0.612 bits per heavy atom. The summed E-state index contributed by atoms with van der Waals surface area (Å²) in [6.07, 6.45) is -2.09. The summed E-state index contributed by atoms with van der Waals surface area (Å²) < 4.78 is 10.4. The number of ether oxygens (including phenoxy) is 2. The Balaban J connectivity index is 1.46. The van der Waals surface area contributed by atoms with Crippen molar-refractivity contribution < 1.29 is 33.8 Å². The van der Waals surface area contributed by atoms with Gasteiger partial charge in [0.05, 0.1) is 20.6 Å². The molecule has 4 aromatic rings. The molecule has 3 atom stereocenters. The van der Waals surface area contributed by atoms with E-state index in [2.05, 4.69) is 10.6 Å². The van der Waals surface area contributed by atoms with Crippen LogP contribution in [0.5, 0.6) is 11.5 Å². The number of hydrogen-bond donors (Lipinski definition) is 3. The molecule has 4 amide bonds. The summed E-state index contributed by atoms with van der Waals surface area (Å²) in [4.78, 5) is 56.7. The van der Waals surface area contributed by atoms with Crippen LogP contribution in [0.3, 0.4) is 0 Å². The van der Waals surface area contributed by atoms with E-state index in [-0.39, 0.29) is 12.8 Å². The number of carbonyl (C=O) groups excluding carboxylic acids is 4. The van der Waals surface area contributed by atoms with Crippen molar-refractivity contribution in [1.29, 1.82) is 0 Å². The van der Waals surface area contributed by atoms with E-state index >= 15 is 0 Å². The summed E-state index contributed by atoms with van der Waals surface area (Å²) in [5.74, 6) is -1.16. The lowest BCUT2D eigenvalue weighted by molar-refractivity contribution is -0.137. The fourth-order valence-corrected chi connectivity index (χ4v) is 5.22. The number of methoxy groups -OCH3 is 2. The van der Waals surface area contributed by atoms with E-state index in [1.165, 1.54) is 9.80 Å². The van der Waals surface area contributed by atoms with Gasteiger partial charge in [0, 0.05) is 38.3 Å². The quantitative estimate of drug-likeness (QED) is 0.177. The Bertz CT molecular complexity index is 1680. The maximum Gasteiger partial charge on any atom is 0.250 e. The SMILES string of the molecule is COc1ccc(N(C)C(=O)[C@H](Cc2ccccc2)NC(=O)C[C@H](O)C(=O)N[C@@H](Cc2ccccc2)C(=O)N(C)c2ccc(OC)cc2)cc1. The Labute approximate surface area is 286 Å². The molecular weight excluding hydrogens is 624 g/mol. The van der Waals surface area contributed by atoms with Crippen LogP contribution in [-0.2, 0) is 32.0 Å². The van der Waals surface area contributed by atoms with Crippen molar-refractivity contribution in [3.8, 4) is 11.5 Å². The molecular formula is C38H42N4O7. The van der Waals surface area contributed by atoms with E-state index in [0.29, 0.717) is 22.9 Å². The Hall–Kier alpha value is -5.68. The van der Waals surface area contributed by atoms with Crippen LogP contribution in [0, 0.1) is 0 Å². The predicted octanol–water partition coefficient (Wildman–Crippen LogP) is 3.54. The molecule has 4 rings (SSSR count). The zero-order valence-corrected chi connectivity index (χ0v) is 28.0. The molecule has 0 aliphatic heterocycles. The lowest BCUT2D eigenvalue weighted by Gasteiger charge is -2.27. The Morgan fingerprint density at radius 2 is 1.00 bits per heavy atom. The minimum absolute atomic E-state index is 0.149. The second kappa shape index (κ2) is 17.5. The van der Waals surface area contributed by atoms with Crippen molar-refractivity contribution in [1.82, 2.24) is 10.6 Å². The number of nitrogens with zero attached hydrogens (tertiary/aromatic N) is 2. The molecule has 0 spiro atoms. The van der Waals surface area contributed by atoms with Gasteiger partial charge >= 0.3 is 0 Å². The first-order valence-corrected chi connectivity index (χ1v) is 15.8. The highest BCUT2D eigenvalue weighted by Crippen LogP contribution is 2.21. The van der Waals surface area contributed by atoms with Crippen molar-refractivity contribution in [3.63, 3.8) is 0 Å². The van der Waals surface area contributed by atoms with Crippen LogP contribution in [0.2, 0.25) is 0 Å². The zero-order valence-electron chi connectivity index (χ0n) is 28.0. The van der Waals surface area contributed by atoms with Crippen LogP contribution in [0.4, 0.5) is 11.4 Å². The average Bonchev–Trinajstić information content (AvgIpc) is 3.13. The third-order valence-corrected chi connectivity index (χ3v) is 8.08. The number of hydrogen-bond acceptors (Lipinski definition) is 7. The highest BCUT2D eigenvalue weighted by atomic mass is 16.5. The zero-order chi connectivity index (χ0) is 35.3. The monoisotopic (exact) mass is 666 g/mol. The molecule has 0 aliphatic carbocycles. The molecule has 0 bridgehead atoms. The van der Waals surface area contributed by atoms with Gasteiger partial charge in [-0.05, 0) is 59.7 Å². The van der Waals surface area contributed by atoms with Crippen LogP contribution in [0.1, 0.15) is 17.5 Å². The van der Waals surface area contributed by atoms with E-state index in [0.717, 1.165) is 11.1 Å². The van der Waals surface area contributed by atoms with Crippen molar-refractivity contribution in [2.75, 3.05) is 38.1 Å². The van der Waals surface area contributed by atoms with E-state index in [1.807, 2.05) is 60.7 Å². The minimum Gasteiger partial charge on any atom is -0.497 e. The maximum absolute atomic E-state index is 13.7. The molecule has 0 saturated carbocycles. The van der Waals surface area contributed by atoms with Crippen molar-refractivity contribution >= 4 is 35.0 Å². The molecule has 256 valence electrons. The summed E-state index contributed by atoms with van der Waals surface area (Å²) >= 11 is 0. The van der Waals surface area contributed by atoms with Gasteiger partial charge in [-0.3, -0.25) is 19.2 Å². The van der Waals surface area contributed by atoms with E-state index in [4.69, 9.17) is 9.47 Å². The molecule has 0 aliphatic rings. The summed E-state index contributed by atoms with van der Waals surface area (Å²) in [5, 5.41) is 16.2. The summed E-state index contributed by atoms with van der Waals surface area (Å²) in [5.41, 5.74) is 2.77. The number of likely N-dealkylation sites (N-methyl/N-ethyl adjacent to an activating group) is 2. The first-order valence-electron chi connectivity index (χ1n) is 15.8. The van der Waals surface area contributed by atoms with E-state index < -0.39 is 48.2 Å². The summed E-state index contributed by atoms with van der Waals surface area (Å²) in [6, 6.07) is 30.1. The fourth-order valence-electron chi connectivity index (χ4n) is 5.22. The van der Waals surface area contributed by atoms with Gasteiger partial charge < -0.3 is 35.0 Å². The summed E-state index contributed by atoms with van der Waals surface area (Å²) in [6.45, 7) is 0. The van der Waals surface area contributed by atoms with E-state index in [1.54, 1.807) is 76.8 Å². The van der Waals surface area contributed by atoms with Gasteiger partial charge in [0.2, 0.25) is 23.6 Å². The molecule has 0 aromatic heterocycles. The first kappa shape index (κ1) is 36.2. The number of amides is 4. The number of aliphatic hydroxyl groups excluding tert-OH is 1. The van der Waals surface area contributed by atoms with Gasteiger partial charge in [-0.1, -0.05) is 60.7 Å². The number of benzene rings is 4. The van der Waals surface area contributed by atoms with Gasteiger partial charge in [0.1, 0.15) is 29.7 Å². The highest BCUT2D eigenvalue weighted by Gasteiger charge is 2.31. The second-order valence-electron chi connectivity index (χ2n) is 11.5. The normalized spacial score (nSPS) is 12.5. The Morgan fingerprint density at radius 3 is 1.39 bits per heavy atom. The number of aliphatic hydroxyl groups is 1. The average molecular weight is 667 g/mol. The van der Waals surface area contributed by atoms with Crippen LogP contribution in [0.15, 0.2) is 109 Å². The standard InChI is InChI=1S/C38H42N4O7/c1-41(28-15-19-30(48-3)20-16-28)37(46)32(23-26-11-7-5-8-12-26)39-35(44)25-34(43)36(45)40-33(24-27-13-9-6-10-14-27)38(47)42(2)29-17-21-31(49-4)22-18-29/h5-22,32-34,43H,23-25H2,1-4H3,(H,39,44)(H,40,45)/t32-,33-,34-/m0/s1. The third kappa shape index (κ3) is 10.2. The van der Waals surface area contributed by atoms with Gasteiger partial charge in [-0.25, -0.2) is 0 Å². The van der Waals surface area contributed by atoms with Gasteiger partial charge in [-0.2, -0.15) is 0 Å². The topological polar surface area (TPSA) is 138 Å². The number of carbonyl (C=O) groups is 4. The minimum atomic E-state index is -1.79. The molecule has 3 N–H and O–H groups in total. The molecule has 0 heterocycles. The van der Waals surface area contributed by atoms with Crippen molar-refractivity contribution in [2.24, 2.45) is 0 Å². The molecule has 0 saturated heterocycles. The molecule has 4 aromatic carbocycles. The van der Waals surface area contributed by atoms with Gasteiger partial charge in [0.25, 0.3) is 0 Å². The fraction of sp³-hybridized carbons (Fsp3) is 0.263. The van der Waals surface area contributed by atoms with Crippen molar-refractivity contribution in [2.45, 2.75) is 37.5 Å². The van der Waals surface area contributed by atoms with Crippen LogP contribution in [0.25, 0.3) is 0 Å². The second-order valence-corrected chi connectivity index (χ2v) is 11.5. The smallest absolute Gasteiger partial charge is 0.250 e. The maximum atomic E-state index is 13.7. The molecule has 49 heavy (non-hydrogen) atoms. The molecule has 0 unspecified atom stereocenters. The van der Waals surface area contributed by atoms with Gasteiger partial charge in [-0.15, -0.1) is 0 Å². The molecule has 0 fully saturated rings. The molecule has 0 radical (unpaired) electrons.